The molecule has 0 aliphatic heterocycles. The number of alkyl halides is 1. The highest BCUT2D eigenvalue weighted by Gasteiger charge is 2.43. The Balaban J connectivity index is 1.93. The predicted octanol–water partition coefficient (Wildman–Crippen LogP) is 2.92. The summed E-state index contributed by atoms with van der Waals surface area (Å²) in [7, 11) is 1.61. The van der Waals surface area contributed by atoms with Crippen LogP contribution in [-0.4, -0.2) is 37.9 Å². The standard InChI is InChI=1S/C14H18ClFO3/c1-9-4-3-5-11(13(9)16)19-12-8-10(15)14(12)18-7-6-17-2/h3-5,10,12,14H,6-8H2,1-2H3. The second-order valence-corrected chi connectivity index (χ2v) is 5.18. The lowest BCUT2D eigenvalue weighted by atomic mass is 9.91. The van der Waals surface area contributed by atoms with Crippen molar-refractivity contribution >= 4 is 11.6 Å². The summed E-state index contributed by atoms with van der Waals surface area (Å²) in [6.07, 6.45) is 0.249. The second kappa shape index (κ2) is 6.55. The third kappa shape index (κ3) is 3.38. The molecule has 1 fully saturated rings. The fourth-order valence-electron chi connectivity index (χ4n) is 2.00. The molecule has 0 spiro atoms. The minimum absolute atomic E-state index is 0.0882. The van der Waals surface area contributed by atoms with Crippen molar-refractivity contribution in [2.24, 2.45) is 0 Å². The van der Waals surface area contributed by atoms with Gasteiger partial charge in [0.05, 0.1) is 18.6 Å². The Morgan fingerprint density at radius 3 is 2.84 bits per heavy atom. The van der Waals surface area contributed by atoms with Crippen molar-refractivity contribution in [3.8, 4) is 5.75 Å². The smallest absolute Gasteiger partial charge is 0.167 e. The predicted molar refractivity (Wildman–Crippen MR) is 71.4 cm³/mol. The minimum Gasteiger partial charge on any atom is -0.485 e. The van der Waals surface area contributed by atoms with Gasteiger partial charge in [-0.25, -0.2) is 4.39 Å². The Morgan fingerprint density at radius 1 is 1.37 bits per heavy atom. The Labute approximate surface area is 117 Å². The maximum absolute atomic E-state index is 13.8. The van der Waals surface area contributed by atoms with Gasteiger partial charge in [0.15, 0.2) is 11.6 Å². The van der Waals surface area contributed by atoms with E-state index in [2.05, 4.69) is 0 Å². The van der Waals surface area contributed by atoms with Crippen LogP contribution in [-0.2, 0) is 9.47 Å². The monoisotopic (exact) mass is 288 g/mol. The van der Waals surface area contributed by atoms with Gasteiger partial charge in [-0.15, -0.1) is 11.6 Å². The van der Waals surface area contributed by atoms with Crippen molar-refractivity contribution in [1.29, 1.82) is 0 Å². The number of rotatable bonds is 6. The molecule has 2 rings (SSSR count). The zero-order valence-electron chi connectivity index (χ0n) is 11.1. The third-order valence-electron chi connectivity index (χ3n) is 3.21. The van der Waals surface area contributed by atoms with E-state index in [0.717, 1.165) is 0 Å². The molecule has 1 aliphatic carbocycles. The van der Waals surface area contributed by atoms with Gasteiger partial charge in [0.1, 0.15) is 12.2 Å². The molecule has 5 heteroatoms. The topological polar surface area (TPSA) is 27.7 Å². The maximum atomic E-state index is 13.8. The van der Waals surface area contributed by atoms with Gasteiger partial charge in [-0.3, -0.25) is 0 Å². The second-order valence-electron chi connectivity index (χ2n) is 4.62. The Hall–Kier alpha value is -0.840. The number of hydrogen-bond donors (Lipinski definition) is 0. The van der Waals surface area contributed by atoms with Crippen LogP contribution in [0.4, 0.5) is 4.39 Å². The highest BCUT2D eigenvalue weighted by Crippen LogP contribution is 2.34. The van der Waals surface area contributed by atoms with Crippen LogP contribution in [0, 0.1) is 12.7 Å². The van der Waals surface area contributed by atoms with E-state index >= 15 is 0 Å². The summed E-state index contributed by atoms with van der Waals surface area (Å²) in [4.78, 5) is 0. The highest BCUT2D eigenvalue weighted by molar-refractivity contribution is 6.21. The molecule has 0 radical (unpaired) electrons. The van der Waals surface area contributed by atoms with Crippen LogP contribution in [0.5, 0.6) is 5.75 Å². The summed E-state index contributed by atoms with van der Waals surface area (Å²) in [6.45, 7) is 2.67. The molecule has 1 aliphatic rings. The van der Waals surface area contributed by atoms with Gasteiger partial charge in [-0.1, -0.05) is 12.1 Å². The Bertz CT molecular complexity index is 427. The number of methoxy groups -OCH3 is 1. The number of ether oxygens (including phenoxy) is 3. The molecule has 1 saturated carbocycles. The fourth-order valence-corrected chi connectivity index (χ4v) is 2.41. The van der Waals surface area contributed by atoms with Crippen molar-refractivity contribution in [1.82, 2.24) is 0 Å². The van der Waals surface area contributed by atoms with Gasteiger partial charge >= 0.3 is 0 Å². The molecule has 1 aromatic rings. The Morgan fingerprint density at radius 2 is 2.16 bits per heavy atom. The minimum atomic E-state index is -0.323. The van der Waals surface area contributed by atoms with Crippen molar-refractivity contribution in [3.63, 3.8) is 0 Å². The van der Waals surface area contributed by atoms with Gasteiger partial charge in [0.25, 0.3) is 0 Å². The fraction of sp³-hybridized carbons (Fsp3) is 0.571. The Kier molecular flexibility index (Phi) is 5.02. The molecule has 0 amide bonds. The number of aryl methyl sites for hydroxylation is 1. The molecule has 3 nitrogen and oxygen atoms in total. The molecule has 0 bridgehead atoms. The molecule has 19 heavy (non-hydrogen) atoms. The lowest BCUT2D eigenvalue weighted by molar-refractivity contribution is -0.0907. The summed E-state index contributed by atoms with van der Waals surface area (Å²) >= 11 is 6.09. The van der Waals surface area contributed by atoms with E-state index in [9.17, 15) is 4.39 Å². The first kappa shape index (κ1) is 14.6. The van der Waals surface area contributed by atoms with Crippen LogP contribution in [0.25, 0.3) is 0 Å². The van der Waals surface area contributed by atoms with Gasteiger partial charge in [0.2, 0.25) is 0 Å². The van der Waals surface area contributed by atoms with Gasteiger partial charge in [-0.2, -0.15) is 0 Å². The summed E-state index contributed by atoms with van der Waals surface area (Å²) in [5.74, 6) is -0.0647. The molecule has 0 aromatic heterocycles. The number of halogens is 2. The van der Waals surface area contributed by atoms with Crippen LogP contribution >= 0.6 is 11.6 Å². The van der Waals surface area contributed by atoms with Crippen molar-refractivity contribution < 1.29 is 18.6 Å². The molecular formula is C14H18ClFO3. The molecule has 3 atom stereocenters. The van der Waals surface area contributed by atoms with E-state index in [-0.39, 0.29) is 29.2 Å². The summed E-state index contributed by atoms with van der Waals surface area (Å²) in [5, 5.41) is -0.0882. The normalized spacial score (nSPS) is 26.0. The largest absolute Gasteiger partial charge is 0.485 e. The molecule has 0 heterocycles. The average molecular weight is 289 g/mol. The zero-order valence-corrected chi connectivity index (χ0v) is 11.8. The van der Waals surface area contributed by atoms with Crippen LogP contribution in [0.3, 0.4) is 0 Å². The molecule has 1 aromatic carbocycles. The van der Waals surface area contributed by atoms with E-state index in [1.807, 2.05) is 0 Å². The van der Waals surface area contributed by atoms with Gasteiger partial charge < -0.3 is 14.2 Å². The maximum Gasteiger partial charge on any atom is 0.167 e. The zero-order chi connectivity index (χ0) is 13.8. The van der Waals surface area contributed by atoms with Crippen molar-refractivity contribution in [3.05, 3.63) is 29.6 Å². The summed E-state index contributed by atoms with van der Waals surface area (Å²) < 4.78 is 30.0. The molecule has 106 valence electrons. The first-order valence-corrected chi connectivity index (χ1v) is 6.73. The van der Waals surface area contributed by atoms with Crippen LogP contribution in [0.15, 0.2) is 18.2 Å². The van der Waals surface area contributed by atoms with Crippen LogP contribution < -0.4 is 4.74 Å². The highest BCUT2D eigenvalue weighted by atomic mass is 35.5. The third-order valence-corrected chi connectivity index (χ3v) is 3.64. The summed E-state index contributed by atoms with van der Waals surface area (Å²) in [6, 6.07) is 5.10. The molecule has 0 saturated heterocycles. The molecule has 3 unspecified atom stereocenters. The quantitative estimate of drug-likeness (QED) is 0.595. The van der Waals surface area contributed by atoms with Gasteiger partial charge in [0, 0.05) is 13.5 Å². The lowest BCUT2D eigenvalue weighted by Gasteiger charge is -2.40. The lowest BCUT2D eigenvalue weighted by Crippen LogP contribution is -2.53. The first-order chi connectivity index (χ1) is 9.13. The van der Waals surface area contributed by atoms with Crippen molar-refractivity contribution in [2.45, 2.75) is 30.9 Å². The number of hydrogen-bond acceptors (Lipinski definition) is 3. The van der Waals surface area contributed by atoms with E-state index in [4.69, 9.17) is 25.8 Å². The van der Waals surface area contributed by atoms with E-state index in [1.54, 1.807) is 32.2 Å². The van der Waals surface area contributed by atoms with Gasteiger partial charge in [-0.05, 0) is 18.6 Å². The van der Waals surface area contributed by atoms with E-state index < -0.39 is 0 Å². The average Bonchev–Trinajstić information content (AvgIpc) is 2.39. The van der Waals surface area contributed by atoms with Crippen LogP contribution in [0.2, 0.25) is 0 Å². The van der Waals surface area contributed by atoms with E-state index in [1.165, 1.54) is 0 Å². The molecular weight excluding hydrogens is 271 g/mol. The SMILES string of the molecule is COCCOC1C(Cl)CC1Oc1cccc(C)c1F. The molecule has 0 N–H and O–H groups in total. The van der Waals surface area contributed by atoms with Crippen molar-refractivity contribution in [2.75, 3.05) is 20.3 Å². The van der Waals surface area contributed by atoms with Crippen LogP contribution in [0.1, 0.15) is 12.0 Å². The number of benzene rings is 1. The first-order valence-electron chi connectivity index (χ1n) is 6.30. The van der Waals surface area contributed by atoms with E-state index in [0.29, 0.717) is 25.2 Å². The summed E-state index contributed by atoms with van der Waals surface area (Å²) in [5.41, 5.74) is 0.566.